The number of hydrogen-bond acceptors (Lipinski definition) is 4. The van der Waals surface area contributed by atoms with Gasteiger partial charge in [0.15, 0.2) is 6.29 Å². The third-order valence-corrected chi connectivity index (χ3v) is 4.48. The van der Waals surface area contributed by atoms with Crippen molar-refractivity contribution < 1.29 is 19.1 Å². The number of amides is 2. The van der Waals surface area contributed by atoms with Crippen molar-refractivity contribution in [2.45, 2.75) is 60.2 Å². The standard InChI is InChI=1S/C21H35ClN2O4/c1-7-15(4)18(22)14-17(13-16(5)20(25)23-6)21(26)24-12-10-11-19(27-8-2)28-9-3/h13-14,19H,7-12H2,1-6H3,(H,23,25)(H,24,26)/b16-13+,17-14+,18-15-. The summed E-state index contributed by atoms with van der Waals surface area (Å²) < 4.78 is 11.0. The predicted molar refractivity (Wildman–Crippen MR) is 114 cm³/mol. The molecular weight excluding hydrogens is 380 g/mol. The summed E-state index contributed by atoms with van der Waals surface area (Å²) in [5.41, 5.74) is 1.73. The SMILES string of the molecule is CCOC(CCCNC(=O)C(/C=C(\C)C(=O)NC)=C/C(Cl)=C(\C)CC)OCC. The van der Waals surface area contributed by atoms with Gasteiger partial charge in [-0.05, 0) is 52.7 Å². The molecule has 7 heteroatoms. The average Bonchev–Trinajstić information content (AvgIpc) is 2.69. The quantitative estimate of drug-likeness (QED) is 0.208. The maximum Gasteiger partial charge on any atom is 0.251 e. The van der Waals surface area contributed by atoms with Crippen molar-refractivity contribution in [1.29, 1.82) is 0 Å². The topological polar surface area (TPSA) is 76.7 Å². The first-order chi connectivity index (χ1) is 13.3. The second kappa shape index (κ2) is 15.3. The van der Waals surface area contributed by atoms with Crippen molar-refractivity contribution in [3.63, 3.8) is 0 Å². The van der Waals surface area contributed by atoms with E-state index in [1.165, 1.54) is 0 Å². The highest BCUT2D eigenvalue weighted by Gasteiger charge is 2.12. The van der Waals surface area contributed by atoms with Crippen molar-refractivity contribution in [3.05, 3.63) is 33.9 Å². The number of carbonyl (C=O) groups excluding carboxylic acids is 2. The van der Waals surface area contributed by atoms with Crippen molar-refractivity contribution in [2.75, 3.05) is 26.8 Å². The minimum absolute atomic E-state index is 0.248. The highest BCUT2D eigenvalue weighted by molar-refractivity contribution is 6.32. The first-order valence-corrected chi connectivity index (χ1v) is 10.2. The van der Waals surface area contributed by atoms with Crippen LogP contribution < -0.4 is 10.6 Å². The Morgan fingerprint density at radius 1 is 1.04 bits per heavy atom. The second-order valence-corrected chi connectivity index (χ2v) is 6.63. The molecule has 0 saturated carbocycles. The Kier molecular flexibility index (Phi) is 14.4. The van der Waals surface area contributed by atoms with Gasteiger partial charge in [-0.3, -0.25) is 9.59 Å². The van der Waals surface area contributed by atoms with Crippen LogP contribution >= 0.6 is 11.6 Å². The summed E-state index contributed by atoms with van der Waals surface area (Å²) in [7, 11) is 1.55. The molecule has 0 rings (SSSR count). The van der Waals surface area contributed by atoms with Gasteiger partial charge in [0.05, 0.1) is 0 Å². The van der Waals surface area contributed by atoms with Crippen LogP contribution in [-0.2, 0) is 19.1 Å². The van der Waals surface area contributed by atoms with Crippen LogP contribution in [0.25, 0.3) is 0 Å². The van der Waals surface area contributed by atoms with Crippen LogP contribution in [0.4, 0.5) is 0 Å². The number of nitrogens with one attached hydrogen (secondary N) is 2. The van der Waals surface area contributed by atoms with E-state index in [0.29, 0.717) is 48.8 Å². The molecule has 0 aliphatic carbocycles. The fraction of sp³-hybridized carbons (Fsp3) is 0.619. The zero-order valence-electron chi connectivity index (χ0n) is 18.0. The molecule has 6 nitrogen and oxygen atoms in total. The summed E-state index contributed by atoms with van der Waals surface area (Å²) in [6.07, 6.45) is 5.05. The smallest absolute Gasteiger partial charge is 0.251 e. The Balaban J connectivity index is 5.13. The summed E-state index contributed by atoms with van der Waals surface area (Å²) in [6.45, 7) is 11.0. The fourth-order valence-electron chi connectivity index (χ4n) is 2.26. The van der Waals surface area contributed by atoms with Crippen molar-refractivity contribution in [3.8, 4) is 0 Å². The summed E-state index contributed by atoms with van der Waals surface area (Å²) in [6, 6.07) is 0. The molecule has 0 atom stereocenters. The molecule has 0 heterocycles. The lowest BCUT2D eigenvalue weighted by molar-refractivity contribution is -0.140. The molecule has 0 unspecified atom stereocenters. The third kappa shape index (κ3) is 10.6. The Morgan fingerprint density at radius 2 is 1.64 bits per heavy atom. The van der Waals surface area contributed by atoms with Crippen LogP contribution in [0.2, 0.25) is 0 Å². The van der Waals surface area contributed by atoms with E-state index >= 15 is 0 Å². The molecular formula is C21H35ClN2O4. The lowest BCUT2D eigenvalue weighted by Gasteiger charge is -2.16. The first kappa shape index (κ1) is 26.4. The number of rotatable bonds is 13. The normalized spacial score (nSPS) is 13.4. The van der Waals surface area contributed by atoms with Crippen LogP contribution in [0.1, 0.15) is 53.9 Å². The van der Waals surface area contributed by atoms with Crippen molar-refractivity contribution in [2.24, 2.45) is 0 Å². The van der Waals surface area contributed by atoms with Crippen molar-refractivity contribution in [1.82, 2.24) is 10.6 Å². The largest absolute Gasteiger partial charge is 0.355 e. The molecule has 28 heavy (non-hydrogen) atoms. The minimum Gasteiger partial charge on any atom is -0.355 e. The third-order valence-electron chi connectivity index (χ3n) is 4.05. The van der Waals surface area contributed by atoms with E-state index in [1.54, 1.807) is 26.1 Å². The van der Waals surface area contributed by atoms with E-state index in [9.17, 15) is 9.59 Å². The molecule has 0 aromatic heterocycles. The van der Waals surface area contributed by atoms with Gasteiger partial charge >= 0.3 is 0 Å². The van der Waals surface area contributed by atoms with E-state index in [0.717, 1.165) is 12.0 Å². The van der Waals surface area contributed by atoms with E-state index in [2.05, 4.69) is 10.6 Å². The zero-order chi connectivity index (χ0) is 21.5. The maximum absolute atomic E-state index is 12.6. The van der Waals surface area contributed by atoms with Gasteiger partial charge in [-0.1, -0.05) is 24.1 Å². The van der Waals surface area contributed by atoms with Crippen LogP contribution in [0.5, 0.6) is 0 Å². The lowest BCUT2D eigenvalue weighted by atomic mass is 10.1. The number of carbonyl (C=O) groups is 2. The molecule has 0 aliphatic rings. The zero-order valence-corrected chi connectivity index (χ0v) is 18.7. The van der Waals surface area contributed by atoms with Gasteiger partial charge in [0.25, 0.3) is 5.91 Å². The number of halogens is 1. The number of hydrogen-bond donors (Lipinski definition) is 2. The molecule has 0 saturated heterocycles. The molecule has 160 valence electrons. The van der Waals surface area contributed by atoms with Gasteiger partial charge < -0.3 is 20.1 Å². The first-order valence-electron chi connectivity index (χ1n) is 9.79. The number of ether oxygens (including phenoxy) is 2. The number of likely N-dealkylation sites (N-methyl/N-ethyl adjacent to an activating group) is 1. The molecule has 0 bridgehead atoms. The van der Waals surface area contributed by atoms with Crippen LogP contribution in [-0.4, -0.2) is 44.9 Å². The minimum atomic E-state index is -0.283. The van der Waals surface area contributed by atoms with E-state index in [4.69, 9.17) is 21.1 Å². The van der Waals surface area contributed by atoms with Crippen molar-refractivity contribution >= 4 is 23.4 Å². The Hall–Kier alpha value is -1.63. The monoisotopic (exact) mass is 414 g/mol. The van der Waals surface area contributed by atoms with Gasteiger partial charge in [0, 0.05) is 49.4 Å². The van der Waals surface area contributed by atoms with Gasteiger partial charge in [-0.25, -0.2) is 0 Å². The van der Waals surface area contributed by atoms with E-state index in [-0.39, 0.29) is 18.1 Å². The molecule has 0 aliphatic heterocycles. The van der Waals surface area contributed by atoms with E-state index in [1.807, 2.05) is 27.7 Å². The summed E-state index contributed by atoms with van der Waals surface area (Å²) >= 11 is 6.30. The maximum atomic E-state index is 12.6. The fourth-order valence-corrected chi connectivity index (χ4v) is 2.51. The van der Waals surface area contributed by atoms with Crippen LogP contribution in [0.3, 0.4) is 0 Å². The molecule has 0 aromatic rings. The predicted octanol–water partition coefficient (Wildman–Crippen LogP) is 3.82. The Morgan fingerprint density at radius 3 is 2.14 bits per heavy atom. The Bertz CT molecular complexity index is 591. The molecule has 2 N–H and O–H groups in total. The van der Waals surface area contributed by atoms with Crippen LogP contribution in [0.15, 0.2) is 33.9 Å². The molecule has 0 aromatic carbocycles. The van der Waals surface area contributed by atoms with Gasteiger partial charge in [-0.15, -0.1) is 0 Å². The summed E-state index contributed by atoms with van der Waals surface area (Å²) in [5.74, 6) is -0.531. The number of allylic oxidation sites excluding steroid dienone is 3. The molecule has 0 fully saturated rings. The highest BCUT2D eigenvalue weighted by Crippen LogP contribution is 2.17. The average molecular weight is 415 g/mol. The highest BCUT2D eigenvalue weighted by atomic mass is 35.5. The molecule has 0 spiro atoms. The Labute approximate surface area is 174 Å². The lowest BCUT2D eigenvalue weighted by Crippen LogP contribution is -2.28. The molecule has 0 radical (unpaired) electrons. The molecule has 2 amide bonds. The van der Waals surface area contributed by atoms with Crippen LogP contribution in [0, 0.1) is 0 Å². The summed E-state index contributed by atoms with van der Waals surface area (Å²) in [5, 5.41) is 5.92. The van der Waals surface area contributed by atoms with Gasteiger partial charge in [0.1, 0.15) is 0 Å². The van der Waals surface area contributed by atoms with E-state index < -0.39 is 0 Å². The van der Waals surface area contributed by atoms with Gasteiger partial charge in [-0.2, -0.15) is 0 Å². The summed E-state index contributed by atoms with van der Waals surface area (Å²) in [4.78, 5) is 24.4. The second-order valence-electron chi connectivity index (χ2n) is 6.23. The van der Waals surface area contributed by atoms with Gasteiger partial charge in [0.2, 0.25) is 5.91 Å².